The highest BCUT2D eigenvalue weighted by atomic mass is 32.2. The predicted octanol–water partition coefficient (Wildman–Crippen LogP) is -0.782. The molecule has 0 bridgehead atoms. The summed E-state index contributed by atoms with van der Waals surface area (Å²) in [7, 11) is -5.77. The van der Waals surface area contributed by atoms with E-state index in [1.807, 2.05) is 0 Å². The average molecular weight is 215 g/mol. The maximum Gasteiger partial charge on any atom is 0.471 e. The van der Waals surface area contributed by atoms with E-state index in [1.165, 1.54) is 0 Å². The highest BCUT2D eigenvalue weighted by Gasteiger charge is 2.68. The lowest BCUT2D eigenvalue weighted by Gasteiger charge is -2.16. The van der Waals surface area contributed by atoms with Crippen LogP contribution in [-0.2, 0) is 10.0 Å². The van der Waals surface area contributed by atoms with Gasteiger partial charge in [0.1, 0.15) is 0 Å². The van der Waals surface area contributed by atoms with Gasteiger partial charge in [-0.3, -0.25) is 5.84 Å². The Hall–Kier alpha value is -0.480. The number of hydrogen-bond acceptors (Lipinski definition) is 2. The van der Waals surface area contributed by atoms with Gasteiger partial charge in [-0.05, 0) is 0 Å². The third-order valence-electron chi connectivity index (χ3n) is 0.858. The maximum atomic E-state index is 11.9. The van der Waals surface area contributed by atoms with Crippen molar-refractivity contribution in [1.29, 1.82) is 0 Å². The normalized spacial score (nSPS) is 14.8. The molecule has 74 valence electrons. The van der Waals surface area contributed by atoms with Crippen molar-refractivity contribution >= 4 is 10.0 Å². The van der Waals surface area contributed by atoms with Gasteiger partial charge in [-0.2, -0.15) is 22.0 Å². The van der Waals surface area contributed by atoms with Gasteiger partial charge >= 0.3 is 21.5 Å². The molecular weight excluding hydrogens is 211 g/mol. The van der Waals surface area contributed by atoms with Crippen molar-refractivity contribution in [3.8, 4) is 0 Å². The van der Waals surface area contributed by atoms with Crippen molar-refractivity contribution in [2.45, 2.75) is 11.4 Å². The van der Waals surface area contributed by atoms with Crippen molar-refractivity contribution in [3.05, 3.63) is 0 Å². The SMILES string of the molecule is [NH3+]NS(=O)(=O)C(F)(F)C(F)(F)F. The van der Waals surface area contributed by atoms with E-state index in [0.29, 0.717) is 4.83 Å². The Labute approximate surface area is 63.6 Å². The minimum absolute atomic E-state index is 0.640. The Morgan fingerprint density at radius 1 is 1.08 bits per heavy atom. The molecule has 0 aromatic rings. The maximum absolute atomic E-state index is 11.9. The zero-order valence-corrected chi connectivity index (χ0v) is 6.14. The van der Waals surface area contributed by atoms with Crippen LogP contribution in [0.5, 0.6) is 0 Å². The van der Waals surface area contributed by atoms with Crippen LogP contribution in [-0.4, -0.2) is 19.8 Å². The second-order valence-electron chi connectivity index (χ2n) is 1.66. The molecule has 0 aromatic heterocycles. The summed E-state index contributed by atoms with van der Waals surface area (Å²) in [4.78, 5) is 0.640. The molecule has 0 saturated carbocycles. The fourth-order valence-electron chi connectivity index (χ4n) is 0.243. The third-order valence-corrected chi connectivity index (χ3v) is 2.14. The van der Waals surface area contributed by atoms with Gasteiger partial charge in [0.05, 0.1) is 0 Å². The van der Waals surface area contributed by atoms with Crippen LogP contribution in [0, 0.1) is 0 Å². The predicted molar refractivity (Wildman–Crippen MR) is 25.9 cm³/mol. The zero-order valence-electron chi connectivity index (χ0n) is 5.32. The van der Waals surface area contributed by atoms with Gasteiger partial charge in [0, 0.05) is 0 Å². The first-order chi connectivity index (χ1) is 5.06. The summed E-state index contributed by atoms with van der Waals surface area (Å²) in [5.74, 6) is 2.22. The van der Waals surface area contributed by atoms with Gasteiger partial charge in [0.15, 0.2) is 0 Å². The third kappa shape index (κ3) is 1.64. The summed E-state index contributed by atoms with van der Waals surface area (Å²) < 4.78 is 77.8. The quantitative estimate of drug-likeness (QED) is 0.468. The Morgan fingerprint density at radius 2 is 1.42 bits per heavy atom. The highest BCUT2D eigenvalue weighted by molar-refractivity contribution is 7.90. The molecular formula is C2H4F5N2O2S+. The fourth-order valence-corrected chi connectivity index (χ4v) is 0.729. The van der Waals surface area contributed by atoms with Gasteiger partial charge in [-0.1, -0.05) is 4.83 Å². The molecule has 0 spiro atoms. The molecule has 4 nitrogen and oxygen atoms in total. The highest BCUT2D eigenvalue weighted by Crippen LogP contribution is 2.38. The second-order valence-corrected chi connectivity index (χ2v) is 3.47. The summed E-state index contributed by atoms with van der Waals surface area (Å²) >= 11 is 0. The summed E-state index contributed by atoms with van der Waals surface area (Å²) in [6.07, 6.45) is -6.14. The molecule has 0 saturated heterocycles. The van der Waals surface area contributed by atoms with E-state index in [-0.39, 0.29) is 0 Å². The van der Waals surface area contributed by atoms with Crippen LogP contribution in [0.3, 0.4) is 0 Å². The minimum Gasteiger partial charge on any atom is -0.266 e. The van der Waals surface area contributed by atoms with Gasteiger partial charge < -0.3 is 0 Å². The van der Waals surface area contributed by atoms with Gasteiger partial charge in [0.2, 0.25) is 0 Å². The Bertz CT molecular complexity index is 255. The van der Waals surface area contributed by atoms with E-state index in [9.17, 15) is 30.4 Å². The summed E-state index contributed by atoms with van der Waals surface area (Å²) in [5.41, 5.74) is 0. The molecule has 0 unspecified atom stereocenters. The number of halogens is 5. The largest absolute Gasteiger partial charge is 0.471 e. The first-order valence-corrected chi connectivity index (χ1v) is 3.77. The van der Waals surface area contributed by atoms with Crippen molar-refractivity contribution in [1.82, 2.24) is 4.83 Å². The average Bonchev–Trinajstić information content (AvgIpc) is 1.85. The molecule has 0 aliphatic heterocycles. The lowest BCUT2D eigenvalue weighted by atomic mass is 10.7. The van der Waals surface area contributed by atoms with Crippen LogP contribution in [0.1, 0.15) is 0 Å². The van der Waals surface area contributed by atoms with E-state index in [4.69, 9.17) is 0 Å². The van der Waals surface area contributed by atoms with E-state index in [2.05, 4.69) is 5.84 Å². The van der Waals surface area contributed by atoms with Crippen molar-refractivity contribution < 1.29 is 36.2 Å². The Kier molecular flexibility index (Phi) is 2.67. The lowest BCUT2D eigenvalue weighted by Crippen LogP contribution is -2.71. The second kappa shape index (κ2) is 2.78. The van der Waals surface area contributed by atoms with Gasteiger partial charge in [-0.25, -0.2) is 8.42 Å². The standard InChI is InChI=1S/C2H3F5N2O2S/c3-1(4,5)2(6,7)12(10,11)9-8/h9H,8H2/p+1. The molecule has 10 heteroatoms. The van der Waals surface area contributed by atoms with Crippen LogP contribution in [0.15, 0.2) is 0 Å². The smallest absolute Gasteiger partial charge is 0.266 e. The molecule has 12 heavy (non-hydrogen) atoms. The van der Waals surface area contributed by atoms with Crippen molar-refractivity contribution in [2.24, 2.45) is 0 Å². The number of rotatable bonds is 2. The van der Waals surface area contributed by atoms with Crippen molar-refractivity contribution in [3.63, 3.8) is 0 Å². The van der Waals surface area contributed by atoms with Crippen LogP contribution in [0.2, 0.25) is 0 Å². The van der Waals surface area contributed by atoms with Crippen LogP contribution in [0.25, 0.3) is 0 Å². The van der Waals surface area contributed by atoms with E-state index >= 15 is 0 Å². The Morgan fingerprint density at radius 3 is 1.50 bits per heavy atom. The molecule has 0 fully saturated rings. The first-order valence-electron chi connectivity index (χ1n) is 2.29. The molecule has 0 aromatic carbocycles. The minimum atomic E-state index is -6.14. The first kappa shape index (κ1) is 11.5. The lowest BCUT2D eigenvalue weighted by molar-refractivity contribution is -0.414. The number of nitrogens with one attached hydrogen (secondary N) is 1. The molecule has 4 N–H and O–H groups in total. The van der Waals surface area contributed by atoms with E-state index < -0.39 is 21.5 Å². The summed E-state index contributed by atoms with van der Waals surface area (Å²) in [6.45, 7) is 0. The summed E-state index contributed by atoms with van der Waals surface area (Å²) in [5, 5.41) is -5.82. The number of hydrogen-bond donors (Lipinski definition) is 2. The molecule has 0 radical (unpaired) electrons. The zero-order chi connectivity index (χ0) is 10.2. The Balaban J connectivity index is 5.14. The molecule has 0 aliphatic carbocycles. The monoisotopic (exact) mass is 215 g/mol. The molecule has 0 rings (SSSR count). The molecule has 0 aliphatic rings. The van der Waals surface area contributed by atoms with Crippen molar-refractivity contribution in [2.75, 3.05) is 0 Å². The number of quaternary nitrogens is 1. The molecule has 0 heterocycles. The molecule has 0 amide bonds. The molecule has 0 atom stereocenters. The van der Waals surface area contributed by atoms with Crippen LogP contribution < -0.4 is 10.7 Å². The van der Waals surface area contributed by atoms with Gasteiger partial charge in [-0.15, -0.1) is 0 Å². The number of alkyl halides is 5. The van der Waals surface area contributed by atoms with Gasteiger partial charge in [0.25, 0.3) is 0 Å². The topological polar surface area (TPSA) is 73.8 Å². The number of sulfonamides is 1. The van der Waals surface area contributed by atoms with Crippen LogP contribution in [0.4, 0.5) is 22.0 Å². The van der Waals surface area contributed by atoms with Crippen LogP contribution >= 0.6 is 0 Å². The fraction of sp³-hybridized carbons (Fsp3) is 1.00. The summed E-state index contributed by atoms with van der Waals surface area (Å²) in [6, 6.07) is 0. The van der Waals surface area contributed by atoms with E-state index in [0.717, 1.165) is 0 Å². The van der Waals surface area contributed by atoms with E-state index in [1.54, 1.807) is 0 Å².